The van der Waals surface area contributed by atoms with Crippen molar-refractivity contribution in [3.63, 3.8) is 0 Å². The summed E-state index contributed by atoms with van der Waals surface area (Å²) in [6.45, 7) is 0.416. The Morgan fingerprint density at radius 1 is 1.00 bits per heavy atom. The fraction of sp³-hybridized carbons (Fsp3) is 0.0435. The number of rotatable bonds is 6. The van der Waals surface area contributed by atoms with Crippen LogP contribution in [-0.4, -0.2) is 17.0 Å². The van der Waals surface area contributed by atoms with Crippen LogP contribution in [0.15, 0.2) is 81.7 Å². The molecule has 3 aromatic carbocycles. The molecule has 0 unspecified atom stereocenters. The summed E-state index contributed by atoms with van der Waals surface area (Å²) in [6, 6.07) is 21.5. The van der Waals surface area contributed by atoms with E-state index in [1.165, 1.54) is 0 Å². The number of carboxylic acid groups (broad SMARTS) is 1. The van der Waals surface area contributed by atoms with Crippen molar-refractivity contribution in [2.75, 3.05) is 5.32 Å². The Balaban J connectivity index is 1.59. The van der Waals surface area contributed by atoms with Gasteiger partial charge in [-0.1, -0.05) is 46.3 Å². The molecule has 1 amide bonds. The van der Waals surface area contributed by atoms with E-state index in [1.807, 2.05) is 30.3 Å². The van der Waals surface area contributed by atoms with Crippen molar-refractivity contribution in [2.24, 2.45) is 0 Å². The van der Waals surface area contributed by atoms with Gasteiger partial charge in [-0.25, -0.2) is 4.79 Å². The Morgan fingerprint density at radius 3 is 2.43 bits per heavy atom. The van der Waals surface area contributed by atoms with Crippen molar-refractivity contribution in [1.29, 1.82) is 0 Å². The van der Waals surface area contributed by atoms with Crippen LogP contribution < -0.4 is 10.1 Å². The van der Waals surface area contributed by atoms with Crippen molar-refractivity contribution >= 4 is 44.5 Å². The minimum absolute atomic E-state index is 0.0662. The third-order valence-corrected chi connectivity index (χ3v) is 4.95. The number of halogens is 1. The maximum absolute atomic E-state index is 13.0. The second-order valence-corrected chi connectivity index (χ2v) is 7.42. The van der Waals surface area contributed by atoms with E-state index in [2.05, 4.69) is 21.2 Å². The van der Waals surface area contributed by atoms with Gasteiger partial charge in [0.25, 0.3) is 0 Å². The monoisotopic (exact) mass is 465 g/mol. The summed E-state index contributed by atoms with van der Waals surface area (Å²) >= 11 is 3.35. The highest BCUT2D eigenvalue weighted by Gasteiger charge is 2.23. The van der Waals surface area contributed by atoms with Crippen molar-refractivity contribution in [1.82, 2.24) is 0 Å². The normalized spacial score (nSPS) is 10.7. The smallest absolute Gasteiger partial charge is 0.409 e. The molecular formula is C23H16BrNO5. The van der Waals surface area contributed by atoms with E-state index in [1.54, 1.807) is 42.5 Å². The van der Waals surface area contributed by atoms with Crippen LogP contribution in [0.2, 0.25) is 0 Å². The predicted octanol–water partition coefficient (Wildman–Crippen LogP) is 6.10. The average molecular weight is 466 g/mol. The topological polar surface area (TPSA) is 88.8 Å². The number of ether oxygens (including phenoxy) is 1. The molecule has 1 heterocycles. The molecule has 7 heteroatoms. The van der Waals surface area contributed by atoms with Crippen LogP contribution in [0.5, 0.6) is 5.75 Å². The van der Waals surface area contributed by atoms with Crippen molar-refractivity contribution in [3.8, 4) is 5.75 Å². The number of carbonyl (C=O) groups is 2. The average Bonchev–Trinajstić information content (AvgIpc) is 3.10. The molecule has 4 aromatic rings. The Morgan fingerprint density at radius 2 is 1.73 bits per heavy atom. The summed E-state index contributed by atoms with van der Waals surface area (Å²) in [4.78, 5) is 24.3. The highest BCUT2D eigenvalue weighted by Crippen LogP contribution is 2.34. The van der Waals surface area contributed by atoms with E-state index in [4.69, 9.17) is 9.15 Å². The summed E-state index contributed by atoms with van der Waals surface area (Å²) in [5.74, 6) is 0.122. The van der Waals surface area contributed by atoms with Gasteiger partial charge in [0.2, 0.25) is 5.78 Å². The van der Waals surface area contributed by atoms with Gasteiger partial charge < -0.3 is 14.3 Å². The van der Waals surface area contributed by atoms with E-state index in [9.17, 15) is 14.7 Å². The molecule has 6 nitrogen and oxygen atoms in total. The summed E-state index contributed by atoms with van der Waals surface area (Å²) in [6.07, 6.45) is -1.28. The minimum atomic E-state index is -1.28. The van der Waals surface area contributed by atoms with Gasteiger partial charge >= 0.3 is 6.09 Å². The minimum Gasteiger partial charge on any atom is -0.489 e. The third kappa shape index (κ3) is 4.21. The molecule has 0 aliphatic heterocycles. The van der Waals surface area contributed by atoms with Gasteiger partial charge in [0, 0.05) is 15.4 Å². The maximum Gasteiger partial charge on any atom is 0.409 e. The molecule has 0 aliphatic carbocycles. The molecule has 0 bridgehead atoms. The van der Waals surface area contributed by atoms with E-state index in [-0.39, 0.29) is 11.4 Å². The molecule has 150 valence electrons. The lowest BCUT2D eigenvalue weighted by atomic mass is 10.1. The van der Waals surface area contributed by atoms with Crippen molar-refractivity contribution in [2.45, 2.75) is 6.61 Å². The Bertz CT molecular complexity index is 1220. The van der Waals surface area contributed by atoms with Gasteiger partial charge in [0.15, 0.2) is 5.76 Å². The zero-order valence-electron chi connectivity index (χ0n) is 15.6. The molecule has 30 heavy (non-hydrogen) atoms. The Kier molecular flexibility index (Phi) is 5.54. The number of benzene rings is 3. The van der Waals surface area contributed by atoms with Crippen molar-refractivity contribution < 1.29 is 23.8 Å². The lowest BCUT2D eigenvalue weighted by Gasteiger charge is -2.07. The van der Waals surface area contributed by atoms with Crippen LogP contribution in [0.3, 0.4) is 0 Å². The number of amides is 1. The molecular weight excluding hydrogens is 450 g/mol. The van der Waals surface area contributed by atoms with Crippen LogP contribution in [0.25, 0.3) is 11.0 Å². The lowest BCUT2D eigenvalue weighted by Crippen LogP contribution is -2.11. The molecule has 4 rings (SSSR count). The van der Waals surface area contributed by atoms with Crippen LogP contribution in [0.4, 0.5) is 10.5 Å². The van der Waals surface area contributed by atoms with Gasteiger partial charge in [-0.15, -0.1) is 0 Å². The molecule has 2 N–H and O–H groups in total. The first kappa shape index (κ1) is 19.7. The molecule has 0 atom stereocenters. The molecule has 1 aromatic heterocycles. The number of anilines is 1. The summed E-state index contributed by atoms with van der Waals surface area (Å²) in [5, 5.41) is 12.0. The first-order chi connectivity index (χ1) is 14.5. The fourth-order valence-corrected chi connectivity index (χ4v) is 3.40. The summed E-state index contributed by atoms with van der Waals surface area (Å²) in [5.41, 5.74) is 1.92. The Hall–Kier alpha value is -3.58. The molecule has 0 fully saturated rings. The second kappa shape index (κ2) is 8.42. The van der Waals surface area contributed by atoms with Gasteiger partial charge in [0.1, 0.15) is 23.6 Å². The van der Waals surface area contributed by atoms with Gasteiger partial charge in [-0.2, -0.15) is 0 Å². The number of fused-ring (bicyclic) bond motifs is 1. The molecule has 0 radical (unpaired) electrons. The molecule has 0 saturated heterocycles. The number of nitrogens with one attached hydrogen (secondary N) is 1. The number of carbonyl (C=O) groups excluding carboxylic acids is 1. The number of hydrogen-bond acceptors (Lipinski definition) is 4. The predicted molar refractivity (Wildman–Crippen MR) is 116 cm³/mol. The van der Waals surface area contributed by atoms with Crippen LogP contribution in [-0.2, 0) is 6.61 Å². The zero-order chi connectivity index (χ0) is 21.1. The third-order valence-electron chi connectivity index (χ3n) is 4.45. The van der Waals surface area contributed by atoms with E-state index >= 15 is 0 Å². The first-order valence-electron chi connectivity index (χ1n) is 9.05. The maximum atomic E-state index is 13.0. The SMILES string of the molecule is O=C(O)Nc1c(C(=O)c2ccc(OCc3ccccc3)cc2)oc2ccc(Br)cc12. The number of furan rings is 1. The standard InChI is InChI=1S/C23H16BrNO5/c24-16-8-11-19-18(12-16)20(25-23(27)28)22(30-19)21(26)15-6-9-17(10-7-15)29-13-14-4-2-1-3-5-14/h1-12,25H,13H2,(H,27,28). The number of ketones is 1. The van der Waals surface area contributed by atoms with Gasteiger partial charge in [0.05, 0.1) is 0 Å². The largest absolute Gasteiger partial charge is 0.489 e. The summed E-state index contributed by atoms with van der Waals surface area (Å²) in [7, 11) is 0. The van der Waals surface area contributed by atoms with Gasteiger partial charge in [-0.3, -0.25) is 10.1 Å². The lowest BCUT2D eigenvalue weighted by molar-refractivity contribution is 0.101. The Labute approximate surface area is 180 Å². The van der Waals surface area contributed by atoms with Crippen LogP contribution in [0.1, 0.15) is 21.7 Å². The van der Waals surface area contributed by atoms with Crippen molar-refractivity contribution in [3.05, 3.63) is 94.2 Å². The zero-order valence-corrected chi connectivity index (χ0v) is 17.2. The molecule has 0 saturated carbocycles. The molecule has 0 aliphatic rings. The quantitative estimate of drug-likeness (QED) is 0.336. The highest BCUT2D eigenvalue weighted by molar-refractivity contribution is 9.10. The molecule has 0 spiro atoms. The number of hydrogen-bond donors (Lipinski definition) is 2. The van der Waals surface area contributed by atoms with Gasteiger partial charge in [-0.05, 0) is 48.0 Å². The van der Waals surface area contributed by atoms with Crippen LogP contribution >= 0.6 is 15.9 Å². The van der Waals surface area contributed by atoms with E-state index in [0.717, 1.165) is 10.0 Å². The first-order valence-corrected chi connectivity index (χ1v) is 9.84. The second-order valence-electron chi connectivity index (χ2n) is 6.50. The highest BCUT2D eigenvalue weighted by atomic mass is 79.9. The van der Waals surface area contributed by atoms with Crippen LogP contribution in [0, 0.1) is 0 Å². The van der Waals surface area contributed by atoms with E-state index < -0.39 is 11.9 Å². The van der Waals surface area contributed by atoms with E-state index in [0.29, 0.717) is 28.9 Å². The fourth-order valence-electron chi connectivity index (χ4n) is 3.04. The summed E-state index contributed by atoms with van der Waals surface area (Å²) < 4.78 is 12.2.